The highest BCUT2D eigenvalue weighted by Gasteiger charge is 2.45. The first-order chi connectivity index (χ1) is 12.5. The molecule has 0 bridgehead atoms. The lowest BCUT2D eigenvalue weighted by Gasteiger charge is -2.41. The fraction of sp³-hybridized carbons (Fsp3) is 0.474. The van der Waals surface area contributed by atoms with E-state index in [0.29, 0.717) is 11.1 Å². The molecule has 2 saturated heterocycles. The quantitative estimate of drug-likeness (QED) is 0.817. The summed E-state index contributed by atoms with van der Waals surface area (Å²) >= 11 is 0. The highest BCUT2D eigenvalue weighted by atomic mass is 16.2. The fourth-order valence-corrected chi connectivity index (χ4v) is 4.24. The van der Waals surface area contributed by atoms with Gasteiger partial charge in [-0.05, 0) is 49.3 Å². The minimum atomic E-state index is -0.910. The molecular weight excluding hydrogens is 334 g/mol. The van der Waals surface area contributed by atoms with Crippen LogP contribution in [-0.2, 0) is 9.59 Å². The molecule has 4 amide bonds. The SMILES string of the molecule is O=C1CCC(N2C(=O)c3ccc(N4CC(C5CC5)C4)cc3C2=O)C(=O)N1. The van der Waals surface area contributed by atoms with Crippen LogP contribution in [-0.4, -0.2) is 47.7 Å². The number of rotatable bonds is 3. The first kappa shape index (κ1) is 15.5. The summed E-state index contributed by atoms with van der Waals surface area (Å²) in [6, 6.07) is 4.42. The average Bonchev–Trinajstić information content (AvgIpc) is 3.36. The summed E-state index contributed by atoms with van der Waals surface area (Å²) in [5.41, 5.74) is 1.64. The maximum absolute atomic E-state index is 12.8. The number of hydrogen-bond donors (Lipinski definition) is 1. The molecule has 26 heavy (non-hydrogen) atoms. The van der Waals surface area contributed by atoms with Crippen LogP contribution in [0.25, 0.3) is 0 Å². The monoisotopic (exact) mass is 353 g/mol. The number of benzene rings is 1. The Morgan fingerprint density at radius 2 is 1.62 bits per heavy atom. The van der Waals surface area contributed by atoms with Gasteiger partial charge in [0.05, 0.1) is 11.1 Å². The van der Waals surface area contributed by atoms with E-state index in [-0.39, 0.29) is 18.7 Å². The van der Waals surface area contributed by atoms with Crippen LogP contribution in [0.2, 0.25) is 0 Å². The van der Waals surface area contributed by atoms with Crippen LogP contribution < -0.4 is 10.2 Å². The summed E-state index contributed by atoms with van der Waals surface area (Å²) in [4.78, 5) is 52.1. The third kappa shape index (κ3) is 2.26. The Hall–Kier alpha value is -2.70. The van der Waals surface area contributed by atoms with Gasteiger partial charge in [-0.2, -0.15) is 0 Å². The minimum Gasteiger partial charge on any atom is -0.371 e. The van der Waals surface area contributed by atoms with Crippen molar-refractivity contribution in [1.82, 2.24) is 10.2 Å². The lowest BCUT2D eigenvalue weighted by Crippen LogP contribution is -2.54. The van der Waals surface area contributed by atoms with E-state index in [2.05, 4.69) is 10.2 Å². The Morgan fingerprint density at radius 3 is 2.31 bits per heavy atom. The van der Waals surface area contributed by atoms with Crippen molar-refractivity contribution in [2.75, 3.05) is 18.0 Å². The highest BCUT2D eigenvalue weighted by molar-refractivity contribution is 6.23. The molecule has 0 aromatic heterocycles. The van der Waals surface area contributed by atoms with Crippen molar-refractivity contribution < 1.29 is 19.2 Å². The molecule has 3 aliphatic heterocycles. The standard InChI is InChI=1S/C19H19N3O4/c23-16-6-5-15(17(24)20-16)22-18(25)13-4-3-12(7-14(13)19(22)26)21-8-11(9-21)10-1-2-10/h3-4,7,10-11,15H,1-2,5-6,8-9H2,(H,20,23,24). The van der Waals surface area contributed by atoms with Gasteiger partial charge in [-0.3, -0.25) is 29.4 Å². The Labute approximate surface area is 150 Å². The fourth-order valence-electron chi connectivity index (χ4n) is 4.24. The van der Waals surface area contributed by atoms with Crippen molar-refractivity contribution in [2.45, 2.75) is 31.7 Å². The Bertz CT molecular complexity index is 854. The number of nitrogens with zero attached hydrogens (tertiary/aromatic N) is 2. The van der Waals surface area contributed by atoms with E-state index in [1.54, 1.807) is 12.1 Å². The van der Waals surface area contributed by atoms with Gasteiger partial charge in [-0.25, -0.2) is 0 Å². The Morgan fingerprint density at radius 1 is 0.885 bits per heavy atom. The molecule has 134 valence electrons. The van der Waals surface area contributed by atoms with Crippen molar-refractivity contribution in [1.29, 1.82) is 0 Å². The maximum atomic E-state index is 12.8. The van der Waals surface area contributed by atoms with Crippen molar-refractivity contribution >= 4 is 29.3 Å². The summed E-state index contributed by atoms with van der Waals surface area (Å²) in [6.07, 6.45) is 2.97. The normalized spacial score (nSPS) is 26.1. The van der Waals surface area contributed by atoms with Gasteiger partial charge in [0.2, 0.25) is 11.8 Å². The minimum absolute atomic E-state index is 0.130. The van der Waals surface area contributed by atoms with Gasteiger partial charge in [0.15, 0.2) is 0 Å². The number of carbonyl (C=O) groups excluding carboxylic acids is 4. The van der Waals surface area contributed by atoms with E-state index >= 15 is 0 Å². The average molecular weight is 353 g/mol. The largest absolute Gasteiger partial charge is 0.371 e. The van der Waals surface area contributed by atoms with E-state index in [4.69, 9.17) is 0 Å². The summed E-state index contributed by atoms with van der Waals surface area (Å²) < 4.78 is 0. The molecule has 1 N–H and O–H groups in total. The molecule has 0 spiro atoms. The smallest absolute Gasteiger partial charge is 0.262 e. The van der Waals surface area contributed by atoms with Gasteiger partial charge in [-0.15, -0.1) is 0 Å². The number of imide groups is 2. The van der Waals surface area contributed by atoms with E-state index in [1.165, 1.54) is 12.8 Å². The van der Waals surface area contributed by atoms with E-state index in [1.807, 2.05) is 6.07 Å². The number of anilines is 1. The molecule has 0 radical (unpaired) electrons. The van der Waals surface area contributed by atoms with E-state index in [9.17, 15) is 19.2 Å². The molecule has 1 atom stereocenters. The maximum Gasteiger partial charge on any atom is 0.262 e. The molecule has 1 aromatic rings. The van der Waals surface area contributed by atoms with Crippen molar-refractivity contribution in [3.63, 3.8) is 0 Å². The van der Waals surface area contributed by atoms with Crippen LogP contribution in [0.4, 0.5) is 5.69 Å². The zero-order valence-corrected chi connectivity index (χ0v) is 14.2. The second kappa shape index (κ2) is 5.40. The van der Waals surface area contributed by atoms with Gasteiger partial charge < -0.3 is 4.90 Å². The van der Waals surface area contributed by atoms with Crippen LogP contribution in [0.5, 0.6) is 0 Å². The van der Waals surface area contributed by atoms with Crippen LogP contribution in [0.15, 0.2) is 18.2 Å². The molecular formula is C19H19N3O4. The molecule has 1 aliphatic carbocycles. The highest BCUT2D eigenvalue weighted by Crippen LogP contribution is 2.43. The van der Waals surface area contributed by atoms with Crippen molar-refractivity contribution in [3.05, 3.63) is 29.3 Å². The van der Waals surface area contributed by atoms with Crippen LogP contribution in [0.3, 0.4) is 0 Å². The van der Waals surface area contributed by atoms with Crippen LogP contribution in [0, 0.1) is 11.8 Å². The third-order valence-electron chi connectivity index (χ3n) is 5.99. The van der Waals surface area contributed by atoms with E-state index in [0.717, 1.165) is 35.5 Å². The molecule has 1 unspecified atom stereocenters. The molecule has 4 aliphatic rings. The van der Waals surface area contributed by atoms with Crippen molar-refractivity contribution in [3.8, 4) is 0 Å². The number of fused-ring (bicyclic) bond motifs is 1. The number of piperidine rings is 1. The van der Waals surface area contributed by atoms with Crippen molar-refractivity contribution in [2.24, 2.45) is 11.8 Å². The second-order valence-corrected chi connectivity index (χ2v) is 7.68. The molecule has 1 saturated carbocycles. The lowest BCUT2D eigenvalue weighted by atomic mass is 9.93. The number of carbonyl (C=O) groups is 4. The van der Waals surface area contributed by atoms with Gasteiger partial charge in [0.25, 0.3) is 11.8 Å². The molecule has 1 aromatic carbocycles. The number of amides is 4. The van der Waals surface area contributed by atoms with Gasteiger partial charge in [0, 0.05) is 25.2 Å². The van der Waals surface area contributed by atoms with Gasteiger partial charge >= 0.3 is 0 Å². The number of hydrogen-bond acceptors (Lipinski definition) is 5. The molecule has 7 heteroatoms. The summed E-state index contributed by atoms with van der Waals surface area (Å²) in [7, 11) is 0. The Kier molecular flexibility index (Phi) is 3.23. The van der Waals surface area contributed by atoms with Crippen LogP contribution in [0.1, 0.15) is 46.4 Å². The predicted octanol–water partition coefficient (Wildman–Crippen LogP) is 0.934. The van der Waals surface area contributed by atoms with E-state index < -0.39 is 23.8 Å². The van der Waals surface area contributed by atoms with Gasteiger partial charge in [-0.1, -0.05) is 0 Å². The Balaban J connectivity index is 1.38. The first-order valence-electron chi connectivity index (χ1n) is 9.13. The lowest BCUT2D eigenvalue weighted by molar-refractivity contribution is -0.136. The summed E-state index contributed by atoms with van der Waals surface area (Å²) in [5.74, 6) is -0.224. The first-order valence-corrected chi connectivity index (χ1v) is 9.13. The third-order valence-corrected chi connectivity index (χ3v) is 5.99. The topological polar surface area (TPSA) is 86.8 Å². The zero-order chi connectivity index (χ0) is 18.0. The number of nitrogens with one attached hydrogen (secondary N) is 1. The summed E-state index contributed by atoms with van der Waals surface area (Å²) in [5, 5.41) is 2.21. The molecule has 3 heterocycles. The summed E-state index contributed by atoms with van der Waals surface area (Å²) in [6.45, 7) is 2.00. The van der Waals surface area contributed by atoms with Crippen LogP contribution >= 0.6 is 0 Å². The zero-order valence-electron chi connectivity index (χ0n) is 14.2. The molecule has 5 rings (SSSR count). The second-order valence-electron chi connectivity index (χ2n) is 7.68. The predicted molar refractivity (Wildman–Crippen MR) is 91.5 cm³/mol. The van der Waals surface area contributed by atoms with Gasteiger partial charge in [0.1, 0.15) is 6.04 Å². The molecule has 3 fully saturated rings. The molecule has 7 nitrogen and oxygen atoms in total.